The van der Waals surface area contributed by atoms with Crippen LogP contribution in [0.25, 0.3) is 10.2 Å². The van der Waals surface area contributed by atoms with E-state index < -0.39 is 0 Å². The molecule has 2 aromatic heterocycles. The number of para-hydroxylation sites is 1. The number of aromatic nitrogens is 2. The number of thiazole rings is 1. The second-order valence-corrected chi connectivity index (χ2v) is 8.22. The van der Waals surface area contributed by atoms with Crippen LogP contribution in [-0.2, 0) is 0 Å². The standard InChI is InChI=1S/C17H18N2O2S2/c20-15-10-14(16(21)19(15)11-6-2-1-3-7-11)23-17-18-12-8-4-5-9-13(12)22-17/h4-5,8-11,20-21H,1-3,6-7H2. The summed E-state index contributed by atoms with van der Waals surface area (Å²) in [5.74, 6) is 0.316. The van der Waals surface area contributed by atoms with Gasteiger partial charge in [-0.25, -0.2) is 4.98 Å². The minimum atomic E-state index is 0.151. The summed E-state index contributed by atoms with van der Waals surface area (Å²) in [5, 5.41) is 20.8. The molecule has 0 saturated heterocycles. The molecule has 0 atom stereocenters. The van der Waals surface area contributed by atoms with Gasteiger partial charge < -0.3 is 10.2 Å². The van der Waals surface area contributed by atoms with E-state index in [1.807, 2.05) is 24.3 Å². The monoisotopic (exact) mass is 346 g/mol. The Bertz CT molecular complexity index is 801. The zero-order chi connectivity index (χ0) is 15.8. The smallest absolute Gasteiger partial charge is 0.208 e. The Kier molecular flexibility index (Phi) is 3.95. The van der Waals surface area contributed by atoms with Gasteiger partial charge in [0.2, 0.25) is 5.88 Å². The highest BCUT2D eigenvalue weighted by atomic mass is 32.2. The van der Waals surface area contributed by atoms with Crippen LogP contribution in [-0.4, -0.2) is 19.8 Å². The van der Waals surface area contributed by atoms with E-state index in [9.17, 15) is 10.2 Å². The van der Waals surface area contributed by atoms with Gasteiger partial charge in [0, 0.05) is 12.1 Å². The summed E-state index contributed by atoms with van der Waals surface area (Å²) in [6, 6.07) is 9.85. The molecule has 1 aliphatic rings. The first-order chi connectivity index (χ1) is 11.2. The van der Waals surface area contributed by atoms with E-state index in [0.29, 0.717) is 4.90 Å². The van der Waals surface area contributed by atoms with Crippen LogP contribution in [0.4, 0.5) is 0 Å². The Balaban J connectivity index is 1.64. The van der Waals surface area contributed by atoms with Gasteiger partial charge in [0.05, 0.1) is 15.1 Å². The van der Waals surface area contributed by atoms with Gasteiger partial charge in [-0.1, -0.05) is 43.2 Å². The van der Waals surface area contributed by atoms with Crippen LogP contribution in [0, 0.1) is 0 Å². The number of benzene rings is 1. The van der Waals surface area contributed by atoms with Gasteiger partial charge in [-0.05, 0) is 25.0 Å². The summed E-state index contributed by atoms with van der Waals surface area (Å²) in [6.07, 6.45) is 5.58. The number of fused-ring (bicyclic) bond motifs is 1. The van der Waals surface area contributed by atoms with Gasteiger partial charge in [0.1, 0.15) is 0 Å². The molecule has 1 saturated carbocycles. The Hall–Kier alpha value is -1.66. The maximum Gasteiger partial charge on any atom is 0.208 e. The van der Waals surface area contributed by atoms with E-state index in [-0.39, 0.29) is 17.8 Å². The zero-order valence-corrected chi connectivity index (χ0v) is 14.2. The molecule has 0 spiro atoms. The molecular formula is C17H18N2O2S2. The highest BCUT2D eigenvalue weighted by Gasteiger charge is 2.24. The van der Waals surface area contributed by atoms with Crippen molar-refractivity contribution in [1.29, 1.82) is 0 Å². The molecule has 120 valence electrons. The SMILES string of the molecule is Oc1cc(Sc2nc3ccccc3s2)c(O)n1C1CCCCC1. The largest absolute Gasteiger partial charge is 0.494 e. The lowest BCUT2D eigenvalue weighted by molar-refractivity contribution is 0.280. The van der Waals surface area contributed by atoms with Gasteiger partial charge in [-0.15, -0.1) is 11.3 Å². The zero-order valence-electron chi connectivity index (χ0n) is 12.6. The fourth-order valence-electron chi connectivity index (χ4n) is 3.24. The van der Waals surface area contributed by atoms with E-state index >= 15 is 0 Å². The minimum Gasteiger partial charge on any atom is -0.494 e. The third-order valence-electron chi connectivity index (χ3n) is 4.37. The number of rotatable bonds is 3. The molecular weight excluding hydrogens is 328 g/mol. The van der Waals surface area contributed by atoms with Crippen molar-refractivity contribution < 1.29 is 10.2 Å². The first kappa shape index (κ1) is 14.9. The number of aromatic hydroxyl groups is 2. The molecule has 4 nitrogen and oxygen atoms in total. The maximum absolute atomic E-state index is 10.6. The lowest BCUT2D eigenvalue weighted by atomic mass is 9.95. The van der Waals surface area contributed by atoms with Crippen LogP contribution in [0.5, 0.6) is 11.8 Å². The summed E-state index contributed by atoms with van der Waals surface area (Å²) in [6.45, 7) is 0. The van der Waals surface area contributed by atoms with E-state index in [1.54, 1.807) is 22.0 Å². The third kappa shape index (κ3) is 2.81. The Morgan fingerprint density at radius 3 is 2.70 bits per heavy atom. The normalized spacial score (nSPS) is 16.2. The van der Waals surface area contributed by atoms with Crippen LogP contribution in [0.1, 0.15) is 38.1 Å². The first-order valence-electron chi connectivity index (χ1n) is 7.89. The number of hydrogen-bond acceptors (Lipinski definition) is 5. The molecule has 0 bridgehead atoms. The second kappa shape index (κ2) is 6.09. The lowest BCUT2D eigenvalue weighted by Crippen LogP contribution is -2.11. The van der Waals surface area contributed by atoms with Gasteiger partial charge in [0.25, 0.3) is 0 Å². The van der Waals surface area contributed by atoms with E-state index in [1.165, 1.54) is 18.2 Å². The summed E-state index contributed by atoms with van der Waals surface area (Å²) in [5.41, 5.74) is 0.968. The van der Waals surface area contributed by atoms with E-state index in [0.717, 1.165) is 40.2 Å². The lowest BCUT2D eigenvalue weighted by Gasteiger charge is -2.24. The molecule has 2 heterocycles. The van der Waals surface area contributed by atoms with Crippen LogP contribution >= 0.6 is 23.1 Å². The number of hydrogen-bond donors (Lipinski definition) is 2. The molecule has 2 N–H and O–H groups in total. The van der Waals surface area contributed by atoms with Crippen molar-refractivity contribution in [1.82, 2.24) is 9.55 Å². The minimum absolute atomic E-state index is 0.151. The van der Waals surface area contributed by atoms with Crippen molar-refractivity contribution in [2.24, 2.45) is 0 Å². The summed E-state index contributed by atoms with van der Waals surface area (Å²) in [7, 11) is 0. The van der Waals surface area contributed by atoms with Gasteiger partial charge in [-0.2, -0.15) is 0 Å². The molecule has 0 radical (unpaired) electrons. The average Bonchev–Trinajstić information content (AvgIpc) is 3.09. The fourth-order valence-corrected chi connectivity index (χ4v) is 5.33. The number of nitrogens with zero attached hydrogens (tertiary/aromatic N) is 2. The predicted molar refractivity (Wildman–Crippen MR) is 93.6 cm³/mol. The Morgan fingerprint density at radius 2 is 1.91 bits per heavy atom. The molecule has 6 heteroatoms. The highest BCUT2D eigenvalue weighted by Crippen LogP contribution is 2.45. The highest BCUT2D eigenvalue weighted by molar-refractivity contribution is 8.01. The average molecular weight is 346 g/mol. The molecule has 0 amide bonds. The third-order valence-corrected chi connectivity index (χ3v) is 6.48. The molecule has 23 heavy (non-hydrogen) atoms. The Morgan fingerprint density at radius 1 is 1.13 bits per heavy atom. The molecule has 0 unspecified atom stereocenters. The molecule has 0 aliphatic heterocycles. The van der Waals surface area contributed by atoms with Crippen LogP contribution in [0.3, 0.4) is 0 Å². The van der Waals surface area contributed by atoms with Gasteiger partial charge in [0.15, 0.2) is 10.2 Å². The first-order valence-corrected chi connectivity index (χ1v) is 9.52. The summed E-state index contributed by atoms with van der Waals surface area (Å²) < 4.78 is 3.70. The maximum atomic E-state index is 10.6. The van der Waals surface area contributed by atoms with E-state index in [2.05, 4.69) is 4.98 Å². The van der Waals surface area contributed by atoms with Crippen molar-refractivity contribution in [3.8, 4) is 11.8 Å². The van der Waals surface area contributed by atoms with Crippen LogP contribution < -0.4 is 0 Å². The van der Waals surface area contributed by atoms with Crippen molar-refractivity contribution in [2.45, 2.75) is 47.4 Å². The molecule has 1 aliphatic carbocycles. The van der Waals surface area contributed by atoms with Crippen molar-refractivity contribution in [3.05, 3.63) is 30.3 Å². The molecule has 3 aromatic rings. The summed E-state index contributed by atoms with van der Waals surface area (Å²) in [4.78, 5) is 5.25. The molecule has 4 rings (SSSR count). The quantitative estimate of drug-likeness (QED) is 0.687. The van der Waals surface area contributed by atoms with E-state index in [4.69, 9.17) is 0 Å². The van der Waals surface area contributed by atoms with Crippen molar-refractivity contribution in [3.63, 3.8) is 0 Å². The topological polar surface area (TPSA) is 58.3 Å². The Labute approximate surface area is 142 Å². The molecule has 1 fully saturated rings. The summed E-state index contributed by atoms with van der Waals surface area (Å²) >= 11 is 3.02. The second-order valence-electron chi connectivity index (χ2n) is 5.90. The van der Waals surface area contributed by atoms with Gasteiger partial charge in [-0.3, -0.25) is 4.57 Å². The van der Waals surface area contributed by atoms with Crippen molar-refractivity contribution >= 4 is 33.3 Å². The molecule has 1 aromatic carbocycles. The fraction of sp³-hybridized carbons (Fsp3) is 0.353. The predicted octanol–water partition coefficient (Wildman–Crippen LogP) is 5.17. The van der Waals surface area contributed by atoms with Crippen molar-refractivity contribution in [2.75, 3.05) is 0 Å². The van der Waals surface area contributed by atoms with Gasteiger partial charge >= 0.3 is 0 Å². The van der Waals surface area contributed by atoms with Crippen LogP contribution in [0.15, 0.2) is 39.6 Å². The van der Waals surface area contributed by atoms with Crippen LogP contribution in [0.2, 0.25) is 0 Å².